The average molecular weight is 757 g/mol. The molecule has 1 N–H and O–H groups in total. The van der Waals surface area contributed by atoms with Gasteiger partial charge in [-0.1, -0.05) is 113 Å². The summed E-state index contributed by atoms with van der Waals surface area (Å²) in [6.45, 7) is 31.5. The predicted molar refractivity (Wildman–Crippen MR) is 213 cm³/mol. The number of hydrogen-bond donors (Lipinski definition) is 1. The third kappa shape index (κ3) is 9.81. The van der Waals surface area contributed by atoms with Gasteiger partial charge in [0.2, 0.25) is 0 Å². The molecule has 3 saturated heterocycles. The zero-order valence-electron chi connectivity index (χ0n) is 36.4. The van der Waals surface area contributed by atoms with Crippen LogP contribution in [0.2, 0.25) is 0 Å². The average Bonchev–Trinajstić information content (AvgIpc) is 3.10. The molecule has 308 valence electrons. The lowest BCUT2D eigenvalue weighted by atomic mass is 9.67. The fourth-order valence-electron chi connectivity index (χ4n) is 10.1. The molecule has 4 rings (SSSR count). The molecule has 0 aliphatic carbocycles. The molecule has 16 atom stereocenters. The second kappa shape index (κ2) is 17.7. The Balaban J connectivity index is 1.84. The van der Waals surface area contributed by atoms with Gasteiger partial charge in [-0.2, -0.15) is 0 Å². The molecule has 0 amide bonds. The van der Waals surface area contributed by atoms with Crippen molar-refractivity contribution in [2.24, 2.45) is 58.2 Å². The molecule has 1 aromatic carbocycles. The Morgan fingerprint density at radius 3 is 2.00 bits per heavy atom. The summed E-state index contributed by atoms with van der Waals surface area (Å²) < 4.78 is 33.8. The van der Waals surface area contributed by atoms with Crippen LogP contribution in [-0.2, 0) is 39.7 Å². The van der Waals surface area contributed by atoms with E-state index in [9.17, 15) is 14.7 Å². The number of ether oxygens (including phenoxy) is 5. The van der Waals surface area contributed by atoms with E-state index in [2.05, 4.69) is 69.2 Å². The van der Waals surface area contributed by atoms with Crippen molar-refractivity contribution in [2.45, 2.75) is 185 Å². The third-order valence-electron chi connectivity index (χ3n) is 14.4. The summed E-state index contributed by atoms with van der Waals surface area (Å²) in [4.78, 5) is 29.1. The third-order valence-corrected chi connectivity index (χ3v) is 14.4. The minimum Gasteiger partial charge on any atom is -0.459 e. The number of carbonyl (C=O) groups excluding carboxylic acids is 2. The number of cyclic esters (lactones) is 1. The van der Waals surface area contributed by atoms with Crippen LogP contribution in [0.4, 0.5) is 0 Å². The van der Waals surface area contributed by atoms with E-state index in [1.165, 1.54) is 0 Å². The summed E-state index contributed by atoms with van der Waals surface area (Å²) in [5, 5.41) is 12.8. The fourth-order valence-corrected chi connectivity index (χ4v) is 10.1. The maximum absolute atomic E-state index is 14.6. The number of Topliss-reactive ketones (excluding diaryl/α,β-unsaturated/α-hetero) is 1. The van der Waals surface area contributed by atoms with Gasteiger partial charge in [0.25, 0.3) is 0 Å². The van der Waals surface area contributed by atoms with Crippen molar-refractivity contribution in [3.63, 3.8) is 0 Å². The first kappa shape index (κ1) is 44.9. The van der Waals surface area contributed by atoms with Crippen molar-refractivity contribution < 1.29 is 38.4 Å². The van der Waals surface area contributed by atoms with E-state index in [0.717, 1.165) is 12.0 Å². The largest absolute Gasteiger partial charge is 0.459 e. The quantitative estimate of drug-likeness (QED) is 0.275. The van der Waals surface area contributed by atoms with Gasteiger partial charge >= 0.3 is 5.97 Å². The Morgan fingerprint density at radius 1 is 0.778 bits per heavy atom. The predicted octanol–water partition coefficient (Wildman–Crippen LogP) is 9.44. The van der Waals surface area contributed by atoms with Gasteiger partial charge in [-0.05, 0) is 74.2 Å². The molecule has 0 aromatic heterocycles. The number of esters is 1. The molecule has 54 heavy (non-hydrogen) atoms. The molecule has 3 aliphatic heterocycles. The summed E-state index contributed by atoms with van der Waals surface area (Å²) in [6, 6.07) is 9.78. The SMILES string of the molecule is CC[C@H]1OC(=O)[C@H](C)[C@@H](OC2CC(C)(C)[C@@H](C)[C@H](C)O2)[C@H](C)[C@@H](OC2O[C@H](C)C[C@H](C)[C@H]2C)C(C)(C)C[C@@H](C)C(=O)[C@H](C)[C@@H](C)[C@@]1(O)Cc1ccccc1. The number of carbonyl (C=O) groups is 2. The molecular weight excluding hydrogens is 680 g/mol. The zero-order valence-corrected chi connectivity index (χ0v) is 36.4. The van der Waals surface area contributed by atoms with E-state index in [1.54, 1.807) is 0 Å². The molecule has 0 bridgehead atoms. The van der Waals surface area contributed by atoms with Crippen molar-refractivity contribution in [1.29, 1.82) is 0 Å². The van der Waals surface area contributed by atoms with Crippen LogP contribution >= 0.6 is 0 Å². The molecule has 0 spiro atoms. The minimum atomic E-state index is -1.50. The lowest BCUT2D eigenvalue weighted by Gasteiger charge is -2.49. The Hall–Kier alpha value is -1.84. The van der Waals surface area contributed by atoms with E-state index in [4.69, 9.17) is 23.7 Å². The Morgan fingerprint density at radius 2 is 1.41 bits per heavy atom. The molecule has 0 radical (unpaired) electrons. The Labute approximate surface area is 328 Å². The molecule has 8 heteroatoms. The first-order valence-corrected chi connectivity index (χ1v) is 21.2. The molecule has 2 unspecified atom stereocenters. The van der Waals surface area contributed by atoms with Gasteiger partial charge in [-0.3, -0.25) is 9.59 Å². The number of aliphatic hydroxyl groups is 1. The summed E-state index contributed by atoms with van der Waals surface area (Å²) in [6.07, 6.45) is -0.152. The highest BCUT2D eigenvalue weighted by Crippen LogP contribution is 2.46. The molecule has 1 aromatic rings. The first-order chi connectivity index (χ1) is 25.0. The van der Waals surface area contributed by atoms with Crippen molar-refractivity contribution in [3.05, 3.63) is 35.9 Å². The van der Waals surface area contributed by atoms with Gasteiger partial charge in [0, 0.05) is 36.5 Å². The van der Waals surface area contributed by atoms with E-state index in [0.29, 0.717) is 31.1 Å². The van der Waals surface area contributed by atoms with Gasteiger partial charge in [0.05, 0.1) is 30.3 Å². The molecule has 3 fully saturated rings. The van der Waals surface area contributed by atoms with Crippen LogP contribution in [0.1, 0.15) is 135 Å². The standard InChI is InChI=1S/C46H76O8/c1-16-37-46(49,24-36-20-18-17-19-21-36)33(9)30(6)39(47)27(3)23-45(14,15)41(54-43-29(5)26(2)22-28(4)50-43)31(7)40(32(8)42(48)52-37)53-38-25-44(12,13)34(10)35(11)51-38/h17-21,26-35,37-38,40-41,43,49H,16,22-25H2,1-15H3/t26-,27+,28+,29+,30+,31-,32+,33+,34-,35-,37+,38?,40-,41+,43?,46-/m0/s1. The highest BCUT2D eigenvalue weighted by atomic mass is 16.7. The van der Waals surface area contributed by atoms with Crippen LogP contribution in [0.25, 0.3) is 0 Å². The van der Waals surface area contributed by atoms with E-state index in [-0.39, 0.29) is 47.6 Å². The van der Waals surface area contributed by atoms with Gasteiger partial charge in [0.15, 0.2) is 12.6 Å². The normalized spacial score (nSPS) is 43.9. The summed E-state index contributed by atoms with van der Waals surface area (Å²) in [7, 11) is 0. The summed E-state index contributed by atoms with van der Waals surface area (Å²) >= 11 is 0. The second-order valence-electron chi connectivity index (χ2n) is 19.5. The van der Waals surface area contributed by atoms with Crippen molar-refractivity contribution >= 4 is 11.8 Å². The van der Waals surface area contributed by atoms with Crippen molar-refractivity contribution in [1.82, 2.24) is 0 Å². The van der Waals surface area contributed by atoms with Gasteiger partial charge in [-0.15, -0.1) is 0 Å². The fraction of sp³-hybridized carbons (Fsp3) is 0.826. The molecule has 0 saturated carbocycles. The van der Waals surface area contributed by atoms with E-state index >= 15 is 0 Å². The molecule has 8 nitrogen and oxygen atoms in total. The molecule has 3 aliphatic rings. The Bertz CT molecular complexity index is 1380. The lowest BCUT2D eigenvalue weighted by Crippen LogP contribution is -2.57. The van der Waals surface area contributed by atoms with Crippen molar-refractivity contribution in [2.75, 3.05) is 0 Å². The number of hydrogen-bond acceptors (Lipinski definition) is 8. The zero-order chi connectivity index (χ0) is 40.5. The summed E-state index contributed by atoms with van der Waals surface area (Å²) in [5.41, 5.74) is -1.17. The van der Waals surface area contributed by atoms with Gasteiger partial charge in [0.1, 0.15) is 17.5 Å². The summed E-state index contributed by atoms with van der Waals surface area (Å²) in [5.74, 6) is -1.88. The smallest absolute Gasteiger partial charge is 0.311 e. The maximum Gasteiger partial charge on any atom is 0.311 e. The topological polar surface area (TPSA) is 101 Å². The van der Waals surface area contributed by atoms with Crippen molar-refractivity contribution in [3.8, 4) is 0 Å². The Kier molecular flexibility index (Phi) is 14.7. The number of rotatable bonds is 7. The number of ketones is 1. The van der Waals surface area contributed by atoms with Crippen LogP contribution < -0.4 is 0 Å². The highest BCUT2D eigenvalue weighted by molar-refractivity contribution is 5.83. The van der Waals surface area contributed by atoms with Crippen LogP contribution in [-0.4, -0.2) is 65.6 Å². The minimum absolute atomic E-state index is 0.0365. The lowest BCUT2D eigenvalue weighted by molar-refractivity contribution is -0.293. The van der Waals surface area contributed by atoms with Crippen LogP contribution in [0, 0.1) is 58.2 Å². The van der Waals surface area contributed by atoms with Crippen LogP contribution in [0.3, 0.4) is 0 Å². The van der Waals surface area contributed by atoms with E-state index in [1.807, 2.05) is 65.0 Å². The van der Waals surface area contributed by atoms with Gasteiger partial charge in [-0.25, -0.2) is 0 Å². The monoisotopic (exact) mass is 757 g/mol. The van der Waals surface area contributed by atoms with Crippen LogP contribution in [0.15, 0.2) is 30.3 Å². The second-order valence-corrected chi connectivity index (χ2v) is 19.5. The van der Waals surface area contributed by atoms with Crippen LogP contribution in [0.5, 0.6) is 0 Å². The first-order valence-electron chi connectivity index (χ1n) is 21.2. The number of benzene rings is 1. The van der Waals surface area contributed by atoms with E-state index < -0.39 is 65.6 Å². The molecular formula is C46H76O8. The van der Waals surface area contributed by atoms with Gasteiger partial charge < -0.3 is 28.8 Å². The highest BCUT2D eigenvalue weighted by Gasteiger charge is 2.52. The molecule has 3 heterocycles. The maximum atomic E-state index is 14.6.